The largest absolute Gasteiger partial charge is 0.465 e. The molecule has 0 spiro atoms. The van der Waals surface area contributed by atoms with Crippen molar-refractivity contribution in [3.63, 3.8) is 0 Å². The first kappa shape index (κ1) is 68.7. The molecule has 0 saturated heterocycles. The first-order chi connectivity index (χ1) is 34.0. The summed E-state index contributed by atoms with van der Waals surface area (Å²) in [5.41, 5.74) is 0. The zero-order valence-electron chi connectivity index (χ0n) is 47.0. The lowest BCUT2D eigenvalue weighted by Gasteiger charge is -2.27. The number of rotatable bonds is 56. The number of aliphatic hydroxyl groups is 4. The molecule has 0 fully saturated rings. The van der Waals surface area contributed by atoms with Crippen molar-refractivity contribution < 1.29 is 39.5 Å². The van der Waals surface area contributed by atoms with E-state index in [2.05, 4.69) is 37.5 Å². The van der Waals surface area contributed by atoms with Crippen molar-refractivity contribution in [3.05, 3.63) is 0 Å². The predicted molar refractivity (Wildman–Crippen MR) is 294 cm³/mol. The highest BCUT2D eigenvalue weighted by atomic mass is 16.5. The molecule has 4 unspecified atom stereocenters. The van der Waals surface area contributed by atoms with Gasteiger partial charge in [0.25, 0.3) is 0 Å². The third kappa shape index (κ3) is 48.9. The van der Waals surface area contributed by atoms with Crippen LogP contribution in [0.3, 0.4) is 0 Å². The van der Waals surface area contributed by atoms with Crippen molar-refractivity contribution in [3.8, 4) is 0 Å². The Morgan fingerprint density at radius 1 is 0.343 bits per heavy atom. The van der Waals surface area contributed by atoms with Crippen LogP contribution in [0.15, 0.2) is 0 Å². The average Bonchev–Trinajstić information content (AvgIpc) is 3.32. The lowest BCUT2D eigenvalue weighted by Crippen LogP contribution is -2.39. The third-order valence-electron chi connectivity index (χ3n) is 14.0. The lowest BCUT2D eigenvalue weighted by molar-refractivity contribution is -0.148. The Morgan fingerprint density at radius 3 is 0.786 bits per heavy atom. The molecule has 0 aliphatic carbocycles. The highest BCUT2D eigenvalue weighted by Gasteiger charge is 2.19. The highest BCUT2D eigenvalue weighted by molar-refractivity contribution is 5.74. The molecule has 0 saturated carbocycles. The second-order valence-corrected chi connectivity index (χ2v) is 21.5. The van der Waals surface area contributed by atoms with Gasteiger partial charge in [0, 0.05) is 39.3 Å². The van der Waals surface area contributed by atoms with E-state index in [0.29, 0.717) is 52.1 Å². The fourth-order valence-corrected chi connectivity index (χ4v) is 9.66. The molecule has 4 atom stereocenters. The van der Waals surface area contributed by atoms with Crippen LogP contribution in [0, 0.1) is 0 Å². The van der Waals surface area contributed by atoms with Gasteiger partial charge >= 0.3 is 11.9 Å². The van der Waals surface area contributed by atoms with Gasteiger partial charge in [0.2, 0.25) is 0 Å². The second-order valence-electron chi connectivity index (χ2n) is 21.5. The van der Waals surface area contributed by atoms with Crippen LogP contribution in [0.2, 0.25) is 0 Å². The van der Waals surface area contributed by atoms with Crippen LogP contribution in [0.25, 0.3) is 0 Å². The highest BCUT2D eigenvalue weighted by Crippen LogP contribution is 2.16. The van der Waals surface area contributed by atoms with Gasteiger partial charge in [0.1, 0.15) is 0 Å². The van der Waals surface area contributed by atoms with Gasteiger partial charge < -0.3 is 29.9 Å². The predicted octanol–water partition coefficient (Wildman–Crippen LogP) is 13.0. The molecule has 0 aromatic heterocycles. The summed E-state index contributed by atoms with van der Waals surface area (Å²) in [6.07, 6.45) is 41.7. The Labute approximate surface area is 433 Å². The Morgan fingerprint density at radius 2 is 0.557 bits per heavy atom. The topological polar surface area (TPSA) is 143 Å². The van der Waals surface area contributed by atoms with Crippen molar-refractivity contribution in [2.75, 3.05) is 72.6 Å². The van der Waals surface area contributed by atoms with Gasteiger partial charge in [-0.3, -0.25) is 24.3 Å². The Bertz CT molecular complexity index is 965. The van der Waals surface area contributed by atoms with Crippen molar-refractivity contribution in [1.29, 1.82) is 0 Å². The fraction of sp³-hybridized carbons (Fsp3) is 0.966. The van der Waals surface area contributed by atoms with E-state index in [1.807, 2.05) is 0 Å². The number of esters is 2. The van der Waals surface area contributed by atoms with E-state index >= 15 is 0 Å². The monoisotopic (exact) mass is 998 g/mol. The standard InChI is InChI=1S/C59H119N3O8/c1-6-10-14-18-22-26-30-34-40-54(63)48-61(49-55(64)41-35-31-27-23-19-15-11-7-2)44-38-46-69-58(67)52-60(5)53-59(68)70-47-39-45-62(50-56(65)42-36-32-28-24-20-16-12-8-3)51-57(66)43-37-33-29-25-21-17-13-9-4/h54-57,63-66H,6-53H2,1-5H3. The van der Waals surface area contributed by atoms with Gasteiger partial charge in [-0.2, -0.15) is 0 Å². The first-order valence-corrected chi connectivity index (χ1v) is 30.2. The smallest absolute Gasteiger partial charge is 0.320 e. The minimum atomic E-state index is -0.449. The molecular weight excluding hydrogens is 879 g/mol. The van der Waals surface area contributed by atoms with Crippen LogP contribution >= 0.6 is 0 Å². The number of ether oxygens (including phenoxy) is 2. The molecule has 0 aliphatic rings. The van der Waals surface area contributed by atoms with E-state index in [4.69, 9.17) is 9.47 Å². The molecule has 11 heteroatoms. The van der Waals surface area contributed by atoms with E-state index in [9.17, 15) is 30.0 Å². The summed E-state index contributed by atoms with van der Waals surface area (Å²) in [5, 5.41) is 43.9. The van der Waals surface area contributed by atoms with E-state index in [0.717, 1.165) is 77.0 Å². The van der Waals surface area contributed by atoms with E-state index in [1.165, 1.54) is 154 Å². The Kier molecular flexibility index (Phi) is 51.5. The van der Waals surface area contributed by atoms with Crippen molar-refractivity contribution >= 4 is 11.9 Å². The number of carbonyl (C=O) groups excluding carboxylic acids is 2. The fourth-order valence-electron chi connectivity index (χ4n) is 9.66. The van der Waals surface area contributed by atoms with E-state index in [1.54, 1.807) is 11.9 Å². The molecule has 0 heterocycles. The van der Waals surface area contributed by atoms with Crippen molar-refractivity contribution in [2.24, 2.45) is 0 Å². The number of carbonyl (C=O) groups is 2. The van der Waals surface area contributed by atoms with Crippen LogP contribution in [-0.4, -0.2) is 144 Å². The molecular formula is C59H119N3O8. The Balaban J connectivity index is 4.83. The summed E-state index contributed by atoms with van der Waals surface area (Å²) in [4.78, 5) is 31.4. The SMILES string of the molecule is CCCCCCCCCCC(O)CN(CCCOC(=O)CN(C)CC(=O)OCCCN(CC(O)CCCCCCCCCC)CC(O)CCCCCCCCCC)CC(O)CCCCCCCCCC. The zero-order valence-corrected chi connectivity index (χ0v) is 47.0. The minimum absolute atomic E-state index is 0.0330. The summed E-state index contributed by atoms with van der Waals surface area (Å²) in [6.45, 7) is 12.6. The molecule has 418 valence electrons. The molecule has 11 nitrogen and oxygen atoms in total. The lowest BCUT2D eigenvalue weighted by atomic mass is 10.0. The minimum Gasteiger partial charge on any atom is -0.465 e. The maximum absolute atomic E-state index is 12.8. The summed E-state index contributed by atoms with van der Waals surface area (Å²) < 4.78 is 11.1. The number of unbranched alkanes of at least 4 members (excludes halogenated alkanes) is 28. The maximum Gasteiger partial charge on any atom is 0.320 e. The van der Waals surface area contributed by atoms with E-state index in [-0.39, 0.29) is 26.3 Å². The molecule has 0 aromatic carbocycles. The number of aliphatic hydroxyl groups excluding tert-OH is 4. The molecule has 0 radical (unpaired) electrons. The van der Waals surface area contributed by atoms with Crippen LogP contribution < -0.4 is 0 Å². The number of hydrogen-bond acceptors (Lipinski definition) is 11. The van der Waals surface area contributed by atoms with E-state index < -0.39 is 36.4 Å². The summed E-state index contributed by atoms with van der Waals surface area (Å²) in [6, 6.07) is 0. The molecule has 0 aliphatic heterocycles. The van der Waals surface area contributed by atoms with Crippen LogP contribution in [0.1, 0.15) is 272 Å². The maximum atomic E-state index is 12.8. The molecule has 4 N–H and O–H groups in total. The third-order valence-corrected chi connectivity index (χ3v) is 14.0. The summed E-state index contributed by atoms with van der Waals surface area (Å²) >= 11 is 0. The zero-order chi connectivity index (χ0) is 51.6. The second kappa shape index (κ2) is 52.5. The van der Waals surface area contributed by atoms with Gasteiger partial charge in [-0.25, -0.2) is 0 Å². The normalized spacial score (nSPS) is 13.7. The molecule has 0 bridgehead atoms. The molecule has 70 heavy (non-hydrogen) atoms. The first-order valence-electron chi connectivity index (χ1n) is 30.2. The van der Waals surface area contributed by atoms with Crippen LogP contribution in [0.5, 0.6) is 0 Å². The molecule has 0 amide bonds. The summed E-state index contributed by atoms with van der Waals surface area (Å²) in [5.74, 6) is -0.809. The van der Waals surface area contributed by atoms with Gasteiger partial charge in [-0.15, -0.1) is 0 Å². The average molecular weight is 999 g/mol. The summed E-state index contributed by atoms with van der Waals surface area (Å²) in [7, 11) is 1.70. The van der Waals surface area contributed by atoms with Crippen LogP contribution in [0.4, 0.5) is 0 Å². The van der Waals surface area contributed by atoms with Gasteiger partial charge in [-0.1, -0.05) is 233 Å². The number of hydrogen-bond donors (Lipinski definition) is 4. The van der Waals surface area contributed by atoms with Gasteiger partial charge in [0.05, 0.1) is 50.7 Å². The van der Waals surface area contributed by atoms with Crippen molar-refractivity contribution in [2.45, 2.75) is 296 Å². The number of likely N-dealkylation sites (N-methyl/N-ethyl adjacent to an activating group) is 1. The quantitative estimate of drug-likeness (QED) is 0.0342. The Hall–Kier alpha value is -1.34. The van der Waals surface area contributed by atoms with Gasteiger partial charge in [-0.05, 0) is 45.6 Å². The van der Waals surface area contributed by atoms with Crippen molar-refractivity contribution in [1.82, 2.24) is 14.7 Å². The molecule has 0 rings (SSSR count). The van der Waals surface area contributed by atoms with Gasteiger partial charge in [0.15, 0.2) is 0 Å². The van der Waals surface area contributed by atoms with Crippen LogP contribution in [-0.2, 0) is 19.1 Å². The molecule has 0 aromatic rings. The number of nitrogens with zero attached hydrogens (tertiary/aromatic N) is 3.